The summed E-state index contributed by atoms with van der Waals surface area (Å²) in [4.78, 5) is 35.4. The summed E-state index contributed by atoms with van der Waals surface area (Å²) in [5.41, 5.74) is 0.580. The molecule has 2 amide bonds. The van der Waals surface area contributed by atoms with Gasteiger partial charge in [0.1, 0.15) is 18.5 Å². The lowest BCUT2D eigenvalue weighted by atomic mass is 10.1. The number of ether oxygens (including phenoxy) is 1. The van der Waals surface area contributed by atoms with E-state index in [1.807, 2.05) is 0 Å². The average Bonchev–Trinajstić information content (AvgIpc) is 3.10. The molecule has 4 N–H and O–H groups in total. The molecule has 2 aromatic rings. The third-order valence-electron chi connectivity index (χ3n) is 3.78. The zero-order valence-corrected chi connectivity index (χ0v) is 13.6. The first kappa shape index (κ1) is 17.2. The normalized spacial score (nSPS) is 25.9. The van der Waals surface area contributed by atoms with Gasteiger partial charge in [0.05, 0.1) is 6.33 Å². The van der Waals surface area contributed by atoms with Crippen LogP contribution in [0.4, 0.5) is 5.82 Å². The molecule has 0 aliphatic carbocycles. The van der Waals surface area contributed by atoms with E-state index in [0.717, 1.165) is 0 Å². The van der Waals surface area contributed by atoms with E-state index in [0.29, 0.717) is 12.1 Å². The monoisotopic (exact) mass is 350 g/mol. The molecule has 0 saturated carbocycles. The number of aromatic nitrogens is 4. The summed E-state index contributed by atoms with van der Waals surface area (Å²) in [6, 6.07) is 0. The van der Waals surface area contributed by atoms with E-state index in [1.165, 1.54) is 24.1 Å². The fraction of sp³-hybridized carbons (Fsp3) is 0.500. The minimum Gasteiger partial charge on any atom is -0.387 e. The molecule has 3 heterocycles. The molecule has 0 unspecified atom stereocenters. The Morgan fingerprint density at radius 1 is 1.28 bits per heavy atom. The predicted octanol–water partition coefficient (Wildman–Crippen LogP) is -1.46. The fourth-order valence-corrected chi connectivity index (χ4v) is 2.68. The van der Waals surface area contributed by atoms with E-state index in [-0.39, 0.29) is 17.4 Å². The van der Waals surface area contributed by atoms with Crippen molar-refractivity contribution >= 4 is 28.8 Å². The van der Waals surface area contributed by atoms with Crippen molar-refractivity contribution in [3.05, 3.63) is 12.7 Å². The quantitative estimate of drug-likeness (QED) is 0.522. The number of hydrogen-bond donors (Lipinski definition) is 4. The van der Waals surface area contributed by atoms with Crippen LogP contribution in [0.15, 0.2) is 12.7 Å². The Balaban J connectivity index is 1.94. The number of fused-ring (bicyclic) bond motifs is 1. The Bertz CT molecular complexity index is 808. The summed E-state index contributed by atoms with van der Waals surface area (Å²) in [7, 11) is 0. The van der Waals surface area contributed by atoms with Crippen LogP contribution in [0, 0.1) is 0 Å². The molecule has 11 heteroatoms. The van der Waals surface area contributed by atoms with Crippen molar-refractivity contribution in [2.45, 2.75) is 38.4 Å². The zero-order chi connectivity index (χ0) is 18.1. The second-order valence-electron chi connectivity index (χ2n) is 5.55. The first-order valence-corrected chi connectivity index (χ1v) is 7.68. The van der Waals surface area contributed by atoms with Crippen LogP contribution in [-0.4, -0.2) is 66.4 Å². The lowest BCUT2D eigenvalue weighted by molar-refractivity contribution is -0.137. The second-order valence-corrected chi connectivity index (χ2v) is 5.55. The number of imidazole rings is 1. The van der Waals surface area contributed by atoms with E-state index in [4.69, 9.17) is 4.74 Å². The highest BCUT2D eigenvalue weighted by Crippen LogP contribution is 2.32. The molecule has 1 fully saturated rings. The Hall–Kier alpha value is -2.63. The zero-order valence-electron chi connectivity index (χ0n) is 13.6. The Morgan fingerprint density at radius 2 is 2.04 bits per heavy atom. The summed E-state index contributed by atoms with van der Waals surface area (Å²) < 4.78 is 6.92. The number of hydrogen-bond acceptors (Lipinski definition) is 8. The van der Waals surface area contributed by atoms with Crippen LogP contribution in [0.1, 0.15) is 20.1 Å². The predicted molar refractivity (Wildman–Crippen MR) is 84.2 cm³/mol. The van der Waals surface area contributed by atoms with E-state index < -0.39 is 30.4 Å². The smallest absolute Gasteiger partial charge is 0.252 e. The molecule has 0 radical (unpaired) electrons. The molecule has 134 valence electrons. The summed E-state index contributed by atoms with van der Waals surface area (Å²) in [6.07, 6.45) is -2.47. The van der Waals surface area contributed by atoms with Crippen molar-refractivity contribution in [1.82, 2.24) is 24.8 Å². The molecule has 11 nitrogen and oxygen atoms in total. The lowest BCUT2D eigenvalue weighted by Crippen LogP contribution is -2.42. The summed E-state index contributed by atoms with van der Waals surface area (Å²) in [5.74, 6) is -0.627. The van der Waals surface area contributed by atoms with E-state index in [2.05, 4.69) is 25.6 Å². The van der Waals surface area contributed by atoms with Crippen LogP contribution in [0.3, 0.4) is 0 Å². The largest absolute Gasteiger partial charge is 0.387 e. The molecule has 0 aromatic carbocycles. The summed E-state index contributed by atoms with van der Waals surface area (Å²) in [5, 5.41) is 25.5. The molecule has 0 spiro atoms. The van der Waals surface area contributed by atoms with Crippen LogP contribution in [0.2, 0.25) is 0 Å². The van der Waals surface area contributed by atoms with Crippen LogP contribution >= 0.6 is 0 Å². The highest BCUT2D eigenvalue weighted by Gasteiger charge is 2.47. The molecule has 1 aliphatic rings. The van der Waals surface area contributed by atoms with Crippen molar-refractivity contribution < 1.29 is 24.5 Å². The van der Waals surface area contributed by atoms with Gasteiger partial charge >= 0.3 is 0 Å². The summed E-state index contributed by atoms with van der Waals surface area (Å²) >= 11 is 0. The van der Waals surface area contributed by atoms with Crippen LogP contribution in [0.25, 0.3) is 11.2 Å². The van der Waals surface area contributed by atoms with Crippen LogP contribution in [0.5, 0.6) is 0 Å². The van der Waals surface area contributed by atoms with Crippen molar-refractivity contribution in [1.29, 1.82) is 0 Å². The highest BCUT2D eigenvalue weighted by atomic mass is 16.6. The number of aliphatic hydroxyl groups excluding tert-OH is 2. The van der Waals surface area contributed by atoms with Gasteiger partial charge in [-0.05, 0) is 6.92 Å². The SMILES string of the molecule is CCNC(=O)[C@H]1O[C@@H](n2cnc3c(NC(C)=O)ncnc32)[C@H](O)[C@@H]1O. The van der Waals surface area contributed by atoms with Gasteiger partial charge < -0.3 is 25.6 Å². The van der Waals surface area contributed by atoms with Gasteiger partial charge in [-0.3, -0.25) is 14.2 Å². The van der Waals surface area contributed by atoms with Gasteiger partial charge in [-0.1, -0.05) is 0 Å². The molecule has 4 atom stereocenters. The number of nitrogens with zero attached hydrogens (tertiary/aromatic N) is 4. The molecule has 1 saturated heterocycles. The number of amides is 2. The van der Waals surface area contributed by atoms with Gasteiger partial charge in [0.2, 0.25) is 5.91 Å². The molecule has 0 bridgehead atoms. The fourth-order valence-electron chi connectivity index (χ4n) is 2.68. The third-order valence-corrected chi connectivity index (χ3v) is 3.78. The molecule has 1 aliphatic heterocycles. The standard InChI is InChI=1S/C14H18N6O5/c1-3-15-13(24)10-8(22)9(23)14(25-10)20-5-18-7-11(19-6(2)21)16-4-17-12(7)20/h4-5,8-10,14,22-23H,3H2,1-2H3,(H,15,24)(H,16,17,19,21)/t8-,9+,10-,14+/m0/s1. The second kappa shape index (κ2) is 6.70. The van der Waals surface area contributed by atoms with Crippen LogP contribution in [-0.2, 0) is 14.3 Å². The van der Waals surface area contributed by atoms with Crippen LogP contribution < -0.4 is 10.6 Å². The minimum absolute atomic E-state index is 0.213. The lowest BCUT2D eigenvalue weighted by Gasteiger charge is -2.16. The van der Waals surface area contributed by atoms with Crippen molar-refractivity contribution in [2.24, 2.45) is 0 Å². The number of likely N-dealkylation sites (N-methyl/N-ethyl adjacent to an activating group) is 1. The molecule has 3 rings (SSSR count). The minimum atomic E-state index is -1.40. The molecular formula is C14H18N6O5. The Labute approximate surface area is 142 Å². The Morgan fingerprint density at radius 3 is 2.72 bits per heavy atom. The topological polar surface area (TPSA) is 151 Å². The molecular weight excluding hydrogens is 332 g/mol. The number of carbonyl (C=O) groups is 2. The summed E-state index contributed by atoms with van der Waals surface area (Å²) in [6.45, 7) is 3.44. The first-order valence-electron chi connectivity index (χ1n) is 7.68. The maximum Gasteiger partial charge on any atom is 0.252 e. The number of aliphatic hydroxyl groups is 2. The van der Waals surface area contributed by atoms with Gasteiger partial charge in [0, 0.05) is 13.5 Å². The van der Waals surface area contributed by atoms with Gasteiger partial charge in [0.15, 0.2) is 29.3 Å². The Kier molecular flexibility index (Phi) is 4.61. The first-order chi connectivity index (χ1) is 11.9. The van der Waals surface area contributed by atoms with E-state index >= 15 is 0 Å². The maximum absolute atomic E-state index is 12.0. The van der Waals surface area contributed by atoms with Gasteiger partial charge in [-0.25, -0.2) is 15.0 Å². The van der Waals surface area contributed by atoms with Crippen molar-refractivity contribution in [3.63, 3.8) is 0 Å². The van der Waals surface area contributed by atoms with Gasteiger partial charge in [-0.15, -0.1) is 0 Å². The number of rotatable bonds is 4. The maximum atomic E-state index is 12.0. The number of anilines is 1. The third kappa shape index (κ3) is 3.04. The van der Waals surface area contributed by atoms with Gasteiger partial charge in [-0.2, -0.15) is 0 Å². The number of nitrogens with one attached hydrogen (secondary N) is 2. The van der Waals surface area contributed by atoms with E-state index in [1.54, 1.807) is 6.92 Å². The molecule has 25 heavy (non-hydrogen) atoms. The van der Waals surface area contributed by atoms with Gasteiger partial charge in [0.25, 0.3) is 5.91 Å². The van der Waals surface area contributed by atoms with E-state index in [9.17, 15) is 19.8 Å². The highest BCUT2D eigenvalue weighted by molar-refractivity contribution is 5.95. The molecule has 2 aromatic heterocycles. The average molecular weight is 350 g/mol. The number of carbonyl (C=O) groups excluding carboxylic acids is 2. The van der Waals surface area contributed by atoms with Crippen molar-refractivity contribution in [3.8, 4) is 0 Å². The van der Waals surface area contributed by atoms with Crippen molar-refractivity contribution in [2.75, 3.05) is 11.9 Å².